The van der Waals surface area contributed by atoms with Crippen LogP contribution in [0.25, 0.3) is 16.2 Å². The second-order valence-corrected chi connectivity index (χ2v) is 8.68. The van der Waals surface area contributed by atoms with Crippen molar-refractivity contribution in [1.29, 1.82) is 0 Å². The van der Waals surface area contributed by atoms with E-state index in [4.69, 9.17) is 0 Å². The predicted molar refractivity (Wildman–Crippen MR) is 118 cm³/mol. The first-order valence-corrected chi connectivity index (χ1v) is 10.8. The fourth-order valence-corrected chi connectivity index (χ4v) is 4.86. The second-order valence-electron chi connectivity index (χ2n) is 7.77. The van der Waals surface area contributed by atoms with E-state index in [1.54, 1.807) is 17.4 Å². The summed E-state index contributed by atoms with van der Waals surface area (Å²) in [6.45, 7) is 6.50. The number of carbonyl (C=O) groups is 1. The van der Waals surface area contributed by atoms with Crippen LogP contribution in [0.4, 0.5) is 4.39 Å². The Morgan fingerprint density at radius 2 is 1.86 bits per heavy atom. The fourth-order valence-electron chi connectivity index (χ4n) is 3.93. The minimum Gasteiger partial charge on any atom is -0.334 e. The summed E-state index contributed by atoms with van der Waals surface area (Å²) in [7, 11) is 0. The van der Waals surface area contributed by atoms with Crippen molar-refractivity contribution >= 4 is 33.4 Å². The number of benzene rings is 2. The molecule has 5 heteroatoms. The van der Waals surface area contributed by atoms with Gasteiger partial charge in [0.25, 0.3) is 0 Å². The summed E-state index contributed by atoms with van der Waals surface area (Å²) in [5.41, 5.74) is 2.18. The molecule has 0 aliphatic carbocycles. The maximum Gasteiger partial charge on any atom is 0.246 e. The van der Waals surface area contributed by atoms with Crippen molar-refractivity contribution in [3.8, 4) is 0 Å². The lowest BCUT2D eigenvalue weighted by molar-refractivity contribution is -0.131. The highest BCUT2D eigenvalue weighted by molar-refractivity contribution is 7.17. The molecular weight excluding hydrogens is 383 g/mol. The summed E-state index contributed by atoms with van der Waals surface area (Å²) >= 11 is 1.70. The van der Waals surface area contributed by atoms with Crippen molar-refractivity contribution < 1.29 is 9.18 Å². The lowest BCUT2D eigenvalue weighted by Crippen LogP contribution is -2.57. The first kappa shape index (κ1) is 19.8. The lowest BCUT2D eigenvalue weighted by atomic mass is 10.1. The lowest BCUT2D eigenvalue weighted by Gasteiger charge is -2.43. The summed E-state index contributed by atoms with van der Waals surface area (Å²) in [6.07, 6.45) is 3.64. The van der Waals surface area contributed by atoms with Gasteiger partial charge >= 0.3 is 0 Å². The number of fused-ring (bicyclic) bond motifs is 1. The SMILES string of the molecule is C[C@@H]1CN(C(=O)/C=C/c2csc3ccccc23)[C@@H](C)CN1Cc1ccc(F)cc1. The van der Waals surface area contributed by atoms with Crippen LogP contribution in [-0.4, -0.2) is 40.9 Å². The van der Waals surface area contributed by atoms with Gasteiger partial charge in [0.1, 0.15) is 5.82 Å². The van der Waals surface area contributed by atoms with E-state index in [1.165, 1.54) is 22.2 Å². The van der Waals surface area contributed by atoms with Crippen molar-refractivity contribution in [3.63, 3.8) is 0 Å². The second kappa shape index (κ2) is 8.47. The van der Waals surface area contributed by atoms with Gasteiger partial charge in [-0.2, -0.15) is 0 Å². The van der Waals surface area contributed by atoms with E-state index in [-0.39, 0.29) is 23.8 Å². The van der Waals surface area contributed by atoms with Crippen molar-refractivity contribution in [2.75, 3.05) is 13.1 Å². The number of thiophene rings is 1. The molecule has 1 aromatic heterocycles. The van der Waals surface area contributed by atoms with Crippen LogP contribution in [0, 0.1) is 5.82 Å². The van der Waals surface area contributed by atoms with E-state index in [1.807, 2.05) is 35.2 Å². The van der Waals surface area contributed by atoms with Crippen LogP contribution < -0.4 is 0 Å². The standard InChI is InChI=1S/C24H25FN2OS/c1-17-14-27(18(2)13-26(17)15-19-7-10-21(25)11-8-19)24(28)12-9-20-16-29-23-6-4-3-5-22(20)23/h3-12,16-18H,13-15H2,1-2H3/b12-9+/t17-,18+/m1/s1. The molecule has 0 bridgehead atoms. The number of halogens is 1. The van der Waals surface area contributed by atoms with Gasteiger partial charge in [-0.1, -0.05) is 30.3 Å². The van der Waals surface area contributed by atoms with Gasteiger partial charge < -0.3 is 4.90 Å². The zero-order valence-electron chi connectivity index (χ0n) is 16.7. The van der Waals surface area contributed by atoms with Crippen molar-refractivity contribution in [3.05, 3.63) is 76.9 Å². The minimum atomic E-state index is -0.212. The fraction of sp³-hybridized carbons (Fsp3) is 0.292. The van der Waals surface area contributed by atoms with Crippen LogP contribution in [0.5, 0.6) is 0 Å². The molecule has 0 unspecified atom stereocenters. The Morgan fingerprint density at radius 3 is 2.66 bits per heavy atom. The topological polar surface area (TPSA) is 23.6 Å². The Balaban J connectivity index is 1.41. The van der Waals surface area contributed by atoms with E-state index >= 15 is 0 Å². The molecule has 2 heterocycles. The molecule has 0 saturated carbocycles. The number of hydrogen-bond acceptors (Lipinski definition) is 3. The van der Waals surface area contributed by atoms with Crippen molar-refractivity contribution in [1.82, 2.24) is 9.80 Å². The molecule has 3 aromatic rings. The molecule has 1 aliphatic heterocycles. The number of rotatable bonds is 4. The molecule has 0 N–H and O–H groups in total. The van der Waals surface area contributed by atoms with Gasteiger partial charge in [-0.25, -0.2) is 4.39 Å². The van der Waals surface area contributed by atoms with Crippen LogP contribution in [0.15, 0.2) is 60.0 Å². The van der Waals surface area contributed by atoms with E-state index in [2.05, 4.69) is 36.3 Å². The van der Waals surface area contributed by atoms with Crippen LogP contribution in [0.1, 0.15) is 25.0 Å². The van der Waals surface area contributed by atoms with Gasteiger partial charge in [0.05, 0.1) is 0 Å². The Morgan fingerprint density at radius 1 is 1.10 bits per heavy atom. The molecule has 2 aromatic carbocycles. The molecule has 1 fully saturated rings. The van der Waals surface area contributed by atoms with Crippen molar-refractivity contribution in [2.45, 2.75) is 32.5 Å². The molecule has 3 nitrogen and oxygen atoms in total. The third kappa shape index (κ3) is 4.41. The maximum absolute atomic E-state index is 13.1. The van der Waals surface area contributed by atoms with Gasteiger partial charge in [0, 0.05) is 42.5 Å². The molecule has 29 heavy (non-hydrogen) atoms. The number of amides is 1. The van der Waals surface area contributed by atoms with Crippen LogP contribution in [0.2, 0.25) is 0 Å². The van der Waals surface area contributed by atoms with Gasteiger partial charge in [-0.3, -0.25) is 9.69 Å². The van der Waals surface area contributed by atoms with Crippen LogP contribution in [-0.2, 0) is 11.3 Å². The van der Waals surface area contributed by atoms with Crippen LogP contribution >= 0.6 is 11.3 Å². The quantitative estimate of drug-likeness (QED) is 0.556. The smallest absolute Gasteiger partial charge is 0.246 e. The van der Waals surface area contributed by atoms with Gasteiger partial charge in [-0.05, 0) is 60.0 Å². The van der Waals surface area contributed by atoms with E-state index in [0.717, 1.165) is 24.2 Å². The molecule has 1 amide bonds. The normalized spacial score (nSPS) is 20.6. The molecule has 1 aliphatic rings. The molecule has 150 valence electrons. The zero-order chi connectivity index (χ0) is 20.4. The zero-order valence-corrected chi connectivity index (χ0v) is 17.5. The molecule has 1 saturated heterocycles. The predicted octanol–water partition coefficient (Wildman–Crippen LogP) is 5.18. The number of nitrogens with zero attached hydrogens (tertiary/aromatic N) is 2. The first-order chi connectivity index (χ1) is 14.0. The highest BCUT2D eigenvalue weighted by atomic mass is 32.1. The minimum absolute atomic E-state index is 0.0565. The Labute approximate surface area is 175 Å². The molecular formula is C24H25FN2OS. The van der Waals surface area contributed by atoms with Gasteiger partial charge in [-0.15, -0.1) is 11.3 Å². The first-order valence-electron chi connectivity index (χ1n) is 9.94. The Hall–Kier alpha value is -2.50. The molecule has 0 radical (unpaired) electrons. The molecule has 0 spiro atoms. The number of piperazine rings is 1. The van der Waals surface area contributed by atoms with E-state index in [0.29, 0.717) is 6.54 Å². The highest BCUT2D eigenvalue weighted by Crippen LogP contribution is 2.27. The number of carbonyl (C=O) groups excluding carboxylic acids is 1. The average Bonchev–Trinajstić information content (AvgIpc) is 3.13. The third-order valence-electron chi connectivity index (χ3n) is 5.61. The Kier molecular flexibility index (Phi) is 5.79. The highest BCUT2D eigenvalue weighted by Gasteiger charge is 2.31. The van der Waals surface area contributed by atoms with Gasteiger partial charge in [0.15, 0.2) is 0 Å². The average molecular weight is 409 g/mol. The summed E-state index contributed by atoms with van der Waals surface area (Å²) in [4.78, 5) is 17.2. The maximum atomic E-state index is 13.1. The third-order valence-corrected chi connectivity index (χ3v) is 6.60. The summed E-state index contributed by atoms with van der Waals surface area (Å²) in [6, 6.07) is 15.3. The Bertz CT molecular complexity index is 1030. The largest absolute Gasteiger partial charge is 0.334 e. The summed E-state index contributed by atoms with van der Waals surface area (Å²) in [5.74, 6) is -0.156. The van der Waals surface area contributed by atoms with E-state index < -0.39 is 0 Å². The van der Waals surface area contributed by atoms with Gasteiger partial charge in [0.2, 0.25) is 5.91 Å². The number of hydrogen-bond donors (Lipinski definition) is 0. The van der Waals surface area contributed by atoms with Crippen LogP contribution in [0.3, 0.4) is 0 Å². The monoisotopic (exact) mass is 408 g/mol. The summed E-state index contributed by atoms with van der Waals surface area (Å²) < 4.78 is 14.4. The summed E-state index contributed by atoms with van der Waals surface area (Å²) in [5, 5.41) is 3.29. The van der Waals surface area contributed by atoms with E-state index in [9.17, 15) is 9.18 Å². The van der Waals surface area contributed by atoms with Crippen molar-refractivity contribution in [2.24, 2.45) is 0 Å². The molecule has 4 rings (SSSR count). The molecule has 2 atom stereocenters.